The number of carbonyl (C=O) groups is 2. The van der Waals surface area contributed by atoms with Gasteiger partial charge in [-0.05, 0) is 43.4 Å². The van der Waals surface area contributed by atoms with Gasteiger partial charge in [0.2, 0.25) is 0 Å². The summed E-state index contributed by atoms with van der Waals surface area (Å²) in [6.45, 7) is 4.32. The van der Waals surface area contributed by atoms with Crippen LogP contribution in [0.3, 0.4) is 0 Å². The number of likely N-dealkylation sites (tertiary alicyclic amines) is 1. The van der Waals surface area contributed by atoms with Crippen molar-refractivity contribution in [1.82, 2.24) is 4.90 Å². The fraction of sp³-hybridized carbons (Fsp3) is 0.556. The Bertz CT molecular complexity index is 637. The van der Waals surface area contributed by atoms with Gasteiger partial charge in [-0.25, -0.2) is 4.79 Å². The van der Waals surface area contributed by atoms with Crippen LogP contribution in [-0.2, 0) is 4.79 Å². The molecule has 0 aromatic heterocycles. The smallest absolute Gasteiger partial charge is 0.321 e. The van der Waals surface area contributed by atoms with Crippen molar-refractivity contribution in [1.29, 1.82) is 0 Å². The van der Waals surface area contributed by atoms with Crippen molar-refractivity contribution in [3.63, 3.8) is 0 Å². The summed E-state index contributed by atoms with van der Waals surface area (Å²) in [6, 6.07) is 6.38. The Kier molecular flexibility index (Phi) is 6.30. The highest BCUT2D eigenvalue weighted by molar-refractivity contribution is 6.30. The molecule has 2 rings (SSSR count). The lowest BCUT2D eigenvalue weighted by Crippen LogP contribution is -2.58. The topological polar surface area (TPSA) is 89.9 Å². The lowest BCUT2D eigenvalue weighted by atomic mass is 9.73. The van der Waals surface area contributed by atoms with Crippen LogP contribution in [0.2, 0.25) is 5.02 Å². The molecule has 0 aliphatic carbocycles. The predicted molar refractivity (Wildman–Crippen MR) is 96.8 cm³/mol. The SMILES string of the molecule is CC(C)CC[C@@]1(C(=O)O)CN(C(=O)Nc2cccc(Cl)c2)CC[C@H]1O. The minimum atomic E-state index is -1.33. The molecule has 25 heavy (non-hydrogen) atoms. The van der Waals surface area contributed by atoms with E-state index in [1.165, 1.54) is 4.90 Å². The van der Waals surface area contributed by atoms with Gasteiger partial charge in [-0.2, -0.15) is 0 Å². The first-order valence-corrected chi connectivity index (χ1v) is 8.85. The molecule has 1 aliphatic rings. The highest BCUT2D eigenvalue weighted by atomic mass is 35.5. The first-order valence-electron chi connectivity index (χ1n) is 8.47. The number of carboxylic acids is 1. The zero-order chi connectivity index (χ0) is 18.6. The van der Waals surface area contributed by atoms with Gasteiger partial charge in [-0.1, -0.05) is 31.5 Å². The van der Waals surface area contributed by atoms with Crippen LogP contribution in [0.25, 0.3) is 0 Å². The number of hydrogen-bond acceptors (Lipinski definition) is 3. The molecule has 1 saturated heterocycles. The number of benzene rings is 1. The number of aliphatic hydroxyl groups is 1. The van der Waals surface area contributed by atoms with Crippen LogP contribution in [0, 0.1) is 11.3 Å². The van der Waals surface area contributed by atoms with Gasteiger partial charge in [0, 0.05) is 23.8 Å². The Labute approximate surface area is 152 Å². The molecule has 2 atom stereocenters. The Hall–Kier alpha value is -1.79. The molecule has 0 saturated carbocycles. The molecule has 2 amide bonds. The van der Waals surface area contributed by atoms with E-state index in [4.69, 9.17) is 11.6 Å². The molecule has 0 spiro atoms. The second kappa shape index (κ2) is 8.06. The molecule has 1 aliphatic heterocycles. The third-order valence-electron chi connectivity index (χ3n) is 4.74. The molecule has 1 aromatic carbocycles. The zero-order valence-electron chi connectivity index (χ0n) is 14.5. The summed E-state index contributed by atoms with van der Waals surface area (Å²) in [7, 11) is 0. The molecular formula is C18H25ClN2O4. The molecule has 0 bridgehead atoms. The van der Waals surface area contributed by atoms with Gasteiger partial charge in [0.15, 0.2) is 0 Å². The van der Waals surface area contributed by atoms with E-state index in [1.807, 2.05) is 13.8 Å². The molecule has 3 N–H and O–H groups in total. The maximum Gasteiger partial charge on any atom is 0.321 e. The van der Waals surface area contributed by atoms with Crippen molar-refractivity contribution in [2.75, 3.05) is 18.4 Å². The Morgan fingerprint density at radius 1 is 1.44 bits per heavy atom. The first-order chi connectivity index (χ1) is 11.7. The lowest BCUT2D eigenvalue weighted by molar-refractivity contribution is -0.162. The Morgan fingerprint density at radius 2 is 2.16 bits per heavy atom. The average Bonchev–Trinajstić information content (AvgIpc) is 2.53. The van der Waals surface area contributed by atoms with E-state index in [9.17, 15) is 19.8 Å². The van der Waals surface area contributed by atoms with Gasteiger partial charge in [-0.3, -0.25) is 4.79 Å². The van der Waals surface area contributed by atoms with E-state index in [-0.39, 0.29) is 19.0 Å². The Morgan fingerprint density at radius 3 is 2.76 bits per heavy atom. The quantitative estimate of drug-likeness (QED) is 0.742. The van der Waals surface area contributed by atoms with Gasteiger partial charge < -0.3 is 20.4 Å². The number of carboxylic acid groups (broad SMARTS) is 1. The van der Waals surface area contributed by atoms with Crippen LogP contribution in [-0.4, -0.2) is 46.3 Å². The summed E-state index contributed by atoms with van der Waals surface area (Å²) in [6.07, 6.45) is 0.293. The summed E-state index contributed by atoms with van der Waals surface area (Å²) >= 11 is 5.92. The van der Waals surface area contributed by atoms with Gasteiger partial charge in [0.05, 0.1) is 6.10 Å². The van der Waals surface area contributed by atoms with Gasteiger partial charge in [-0.15, -0.1) is 0 Å². The lowest BCUT2D eigenvalue weighted by Gasteiger charge is -2.43. The van der Waals surface area contributed by atoms with E-state index in [0.717, 1.165) is 0 Å². The monoisotopic (exact) mass is 368 g/mol. The molecule has 1 fully saturated rings. The molecule has 0 radical (unpaired) electrons. The number of amides is 2. The molecule has 1 heterocycles. The number of aliphatic hydroxyl groups excluding tert-OH is 1. The fourth-order valence-corrected chi connectivity index (χ4v) is 3.32. The highest BCUT2D eigenvalue weighted by Gasteiger charge is 2.49. The van der Waals surface area contributed by atoms with E-state index >= 15 is 0 Å². The number of rotatable bonds is 5. The number of anilines is 1. The zero-order valence-corrected chi connectivity index (χ0v) is 15.3. The van der Waals surface area contributed by atoms with Crippen molar-refractivity contribution in [3.8, 4) is 0 Å². The number of halogens is 1. The van der Waals surface area contributed by atoms with Crippen molar-refractivity contribution < 1.29 is 19.8 Å². The van der Waals surface area contributed by atoms with Crippen molar-refractivity contribution in [2.24, 2.45) is 11.3 Å². The van der Waals surface area contributed by atoms with Crippen molar-refractivity contribution >= 4 is 29.3 Å². The largest absolute Gasteiger partial charge is 0.481 e. The normalized spacial score (nSPS) is 23.6. The van der Waals surface area contributed by atoms with Crippen LogP contribution in [0.15, 0.2) is 24.3 Å². The first kappa shape index (κ1) is 19.5. The summed E-state index contributed by atoms with van der Waals surface area (Å²) in [5, 5.41) is 23.4. The standard InChI is InChI=1S/C18H25ClN2O4/c1-12(2)6-8-18(16(23)24)11-21(9-7-15(18)22)17(25)20-14-5-3-4-13(19)10-14/h3-5,10,12,15,22H,6-9,11H2,1-2H3,(H,20,25)(H,23,24)/t15-,18-/m1/s1. The summed E-state index contributed by atoms with van der Waals surface area (Å²) in [4.78, 5) is 25.9. The Balaban J connectivity index is 2.13. The van der Waals surface area contributed by atoms with Crippen LogP contribution in [0.4, 0.5) is 10.5 Å². The maximum atomic E-state index is 12.5. The number of nitrogens with one attached hydrogen (secondary N) is 1. The third-order valence-corrected chi connectivity index (χ3v) is 4.98. The average molecular weight is 369 g/mol. The molecule has 0 unspecified atom stereocenters. The minimum Gasteiger partial charge on any atom is -0.481 e. The number of carbonyl (C=O) groups excluding carboxylic acids is 1. The van der Waals surface area contributed by atoms with E-state index < -0.39 is 17.5 Å². The minimum absolute atomic E-state index is 0.0113. The number of nitrogens with zero attached hydrogens (tertiary/aromatic N) is 1. The van der Waals surface area contributed by atoms with Crippen LogP contribution < -0.4 is 5.32 Å². The van der Waals surface area contributed by atoms with E-state index in [1.54, 1.807) is 24.3 Å². The molecule has 7 heteroatoms. The highest BCUT2D eigenvalue weighted by Crippen LogP contribution is 2.37. The summed E-state index contributed by atoms with van der Waals surface area (Å²) < 4.78 is 0. The van der Waals surface area contributed by atoms with Gasteiger partial charge in [0.25, 0.3) is 0 Å². The van der Waals surface area contributed by atoms with Crippen molar-refractivity contribution in [2.45, 2.75) is 39.2 Å². The molecule has 6 nitrogen and oxygen atoms in total. The number of aliphatic carboxylic acids is 1. The summed E-state index contributed by atoms with van der Waals surface area (Å²) in [5.74, 6) is -0.736. The number of urea groups is 1. The second-order valence-electron chi connectivity index (χ2n) is 7.06. The van der Waals surface area contributed by atoms with Gasteiger partial charge in [0.1, 0.15) is 5.41 Å². The number of piperidine rings is 1. The van der Waals surface area contributed by atoms with Crippen LogP contribution in [0.5, 0.6) is 0 Å². The van der Waals surface area contributed by atoms with Crippen LogP contribution >= 0.6 is 11.6 Å². The maximum absolute atomic E-state index is 12.5. The fourth-order valence-electron chi connectivity index (χ4n) is 3.13. The number of hydrogen-bond donors (Lipinski definition) is 3. The van der Waals surface area contributed by atoms with E-state index in [2.05, 4.69) is 5.32 Å². The van der Waals surface area contributed by atoms with Crippen molar-refractivity contribution in [3.05, 3.63) is 29.3 Å². The predicted octanol–water partition coefficient (Wildman–Crippen LogP) is 3.45. The molecule has 1 aromatic rings. The van der Waals surface area contributed by atoms with Gasteiger partial charge >= 0.3 is 12.0 Å². The van der Waals surface area contributed by atoms with Crippen LogP contribution in [0.1, 0.15) is 33.1 Å². The van der Waals surface area contributed by atoms with E-state index in [0.29, 0.717) is 36.0 Å². The summed E-state index contributed by atoms with van der Waals surface area (Å²) in [5.41, 5.74) is -0.777. The molecule has 138 valence electrons. The third kappa shape index (κ3) is 4.64. The second-order valence-corrected chi connectivity index (χ2v) is 7.50. The molecular weight excluding hydrogens is 344 g/mol.